The van der Waals surface area contributed by atoms with Gasteiger partial charge in [0.1, 0.15) is 5.82 Å². The number of thiazole rings is 1. The lowest BCUT2D eigenvalue weighted by molar-refractivity contribution is 0.629. The molecule has 6 heteroatoms. The van der Waals surface area contributed by atoms with Crippen molar-refractivity contribution in [2.24, 2.45) is 7.05 Å². The first-order valence-corrected chi connectivity index (χ1v) is 9.91. The van der Waals surface area contributed by atoms with E-state index >= 15 is 0 Å². The summed E-state index contributed by atoms with van der Waals surface area (Å²) in [6.45, 7) is 1.78. The van der Waals surface area contributed by atoms with Crippen molar-refractivity contribution < 1.29 is 4.39 Å². The van der Waals surface area contributed by atoms with Crippen LogP contribution in [0.2, 0.25) is 0 Å². The highest BCUT2D eigenvalue weighted by Gasteiger charge is 2.23. The lowest BCUT2D eigenvalue weighted by Crippen LogP contribution is -2.31. The number of hydrogen-bond donors (Lipinski definition) is 0. The number of benzene rings is 2. The van der Waals surface area contributed by atoms with E-state index in [4.69, 9.17) is 0 Å². The van der Waals surface area contributed by atoms with E-state index in [0.717, 1.165) is 41.1 Å². The number of hydrogen-bond acceptors (Lipinski definition) is 4. The number of fused-ring (bicyclic) bond motifs is 4. The Balaban J connectivity index is 1.53. The summed E-state index contributed by atoms with van der Waals surface area (Å²) in [5.41, 5.74) is 5.94. The average Bonchev–Trinajstić information content (AvgIpc) is 3.21. The highest BCUT2D eigenvalue weighted by atomic mass is 32.1. The van der Waals surface area contributed by atoms with Crippen LogP contribution in [0.3, 0.4) is 0 Å². The summed E-state index contributed by atoms with van der Waals surface area (Å²) in [6.07, 6.45) is 0.930. The van der Waals surface area contributed by atoms with Crippen LogP contribution in [0.25, 0.3) is 21.1 Å². The summed E-state index contributed by atoms with van der Waals surface area (Å²) in [6, 6.07) is 11.6. The molecule has 0 saturated heterocycles. The minimum atomic E-state index is -0.161. The molecule has 0 saturated carbocycles. The highest BCUT2D eigenvalue weighted by Crippen LogP contribution is 2.35. The largest absolute Gasteiger partial charge is 0.365 e. The Labute approximate surface area is 161 Å². The van der Waals surface area contributed by atoms with Gasteiger partial charge in [0, 0.05) is 50.0 Å². The van der Waals surface area contributed by atoms with Crippen molar-refractivity contribution in [3.8, 4) is 0 Å². The Morgan fingerprint density at radius 2 is 2.00 bits per heavy atom. The molecule has 0 unspecified atom stereocenters. The first kappa shape index (κ1) is 16.6. The van der Waals surface area contributed by atoms with Crippen LogP contribution < -0.4 is 9.80 Å². The number of nitrogens with zero attached hydrogens (tertiary/aromatic N) is 4. The molecule has 0 amide bonds. The van der Waals surface area contributed by atoms with Gasteiger partial charge in [0.2, 0.25) is 0 Å². The molecular formula is C21H21FN4S. The molecule has 2 aromatic heterocycles. The minimum absolute atomic E-state index is 0.161. The van der Waals surface area contributed by atoms with Crippen LogP contribution >= 0.6 is 11.3 Å². The normalized spacial score (nSPS) is 14.1. The van der Waals surface area contributed by atoms with Gasteiger partial charge in [-0.3, -0.25) is 0 Å². The van der Waals surface area contributed by atoms with Crippen LogP contribution in [-0.2, 0) is 20.0 Å². The van der Waals surface area contributed by atoms with Crippen LogP contribution in [0.1, 0.15) is 11.3 Å². The molecule has 2 aromatic carbocycles. The Hall–Kier alpha value is -2.60. The lowest BCUT2D eigenvalue weighted by Gasteiger charge is -2.30. The SMILES string of the molecule is CN(C)c1nc2ccc(N3CCc4c(n(C)c5ccc(F)cc45)C3)cc2s1. The van der Waals surface area contributed by atoms with Crippen LogP contribution in [-0.4, -0.2) is 30.2 Å². The zero-order chi connectivity index (χ0) is 18.7. The Morgan fingerprint density at radius 3 is 2.81 bits per heavy atom. The maximum atomic E-state index is 13.7. The summed E-state index contributed by atoms with van der Waals surface area (Å²) in [7, 11) is 6.12. The molecule has 138 valence electrons. The predicted molar refractivity (Wildman–Crippen MR) is 112 cm³/mol. The fourth-order valence-electron chi connectivity index (χ4n) is 4.04. The van der Waals surface area contributed by atoms with Gasteiger partial charge in [-0.25, -0.2) is 9.37 Å². The van der Waals surface area contributed by atoms with E-state index in [2.05, 4.69) is 39.7 Å². The van der Waals surface area contributed by atoms with E-state index in [1.807, 2.05) is 25.1 Å². The molecule has 27 heavy (non-hydrogen) atoms. The molecule has 0 aliphatic carbocycles. The standard InChI is InChI=1S/C21H21FN4S/c1-24(2)21-23-17-6-5-14(11-20(17)27-21)26-9-8-15-16-10-13(22)4-7-18(16)25(3)19(15)12-26/h4-7,10-11H,8-9,12H2,1-3H3. The van der Waals surface area contributed by atoms with Crippen molar-refractivity contribution in [3.05, 3.63) is 53.5 Å². The fraction of sp³-hybridized carbons (Fsp3) is 0.286. The van der Waals surface area contributed by atoms with Crippen LogP contribution in [0, 0.1) is 5.82 Å². The second-order valence-corrected chi connectivity index (χ2v) is 8.37. The molecule has 0 bridgehead atoms. The molecule has 0 fully saturated rings. The lowest BCUT2D eigenvalue weighted by atomic mass is 10.0. The van der Waals surface area contributed by atoms with Crippen LogP contribution in [0.5, 0.6) is 0 Å². The van der Waals surface area contributed by atoms with Crippen molar-refractivity contribution in [2.75, 3.05) is 30.4 Å². The average molecular weight is 380 g/mol. The highest BCUT2D eigenvalue weighted by molar-refractivity contribution is 7.22. The minimum Gasteiger partial charge on any atom is -0.365 e. The number of aryl methyl sites for hydroxylation is 1. The monoisotopic (exact) mass is 380 g/mol. The Morgan fingerprint density at radius 1 is 1.15 bits per heavy atom. The molecule has 4 nitrogen and oxygen atoms in total. The fourth-order valence-corrected chi connectivity index (χ4v) is 4.96. The van der Waals surface area contributed by atoms with Crippen molar-refractivity contribution >= 4 is 43.3 Å². The van der Waals surface area contributed by atoms with Gasteiger partial charge in [-0.2, -0.15) is 0 Å². The molecule has 0 spiro atoms. The van der Waals surface area contributed by atoms with Crippen LogP contribution in [0.15, 0.2) is 36.4 Å². The van der Waals surface area contributed by atoms with Gasteiger partial charge in [-0.15, -0.1) is 0 Å². The smallest absolute Gasteiger partial charge is 0.185 e. The second kappa shape index (κ2) is 5.96. The van der Waals surface area contributed by atoms with Gasteiger partial charge < -0.3 is 14.4 Å². The van der Waals surface area contributed by atoms with E-state index in [0.29, 0.717) is 0 Å². The molecule has 5 rings (SSSR count). The Kier molecular flexibility index (Phi) is 3.65. The number of halogens is 1. The number of aromatic nitrogens is 2. The number of anilines is 2. The molecular weight excluding hydrogens is 359 g/mol. The molecule has 1 aliphatic heterocycles. The van der Waals surface area contributed by atoms with Crippen molar-refractivity contribution in [1.29, 1.82) is 0 Å². The van der Waals surface area contributed by atoms with Crippen molar-refractivity contribution in [3.63, 3.8) is 0 Å². The molecule has 1 aliphatic rings. The van der Waals surface area contributed by atoms with E-state index in [9.17, 15) is 4.39 Å². The summed E-state index contributed by atoms with van der Waals surface area (Å²) in [4.78, 5) is 9.13. The zero-order valence-corrected chi connectivity index (χ0v) is 16.5. The molecule has 4 aromatic rings. The third-order valence-electron chi connectivity index (χ3n) is 5.48. The van der Waals surface area contributed by atoms with Crippen LogP contribution in [0.4, 0.5) is 15.2 Å². The third-order valence-corrected chi connectivity index (χ3v) is 6.67. The van der Waals surface area contributed by atoms with Gasteiger partial charge in [0.25, 0.3) is 0 Å². The van der Waals surface area contributed by atoms with E-state index in [-0.39, 0.29) is 5.82 Å². The summed E-state index contributed by atoms with van der Waals surface area (Å²) in [5.74, 6) is -0.161. The summed E-state index contributed by atoms with van der Waals surface area (Å²) in [5, 5.41) is 2.08. The zero-order valence-electron chi connectivity index (χ0n) is 15.7. The molecule has 0 radical (unpaired) electrons. The quantitative estimate of drug-likeness (QED) is 0.510. The van der Waals surface area contributed by atoms with Crippen molar-refractivity contribution in [1.82, 2.24) is 9.55 Å². The molecule has 0 atom stereocenters. The first-order valence-electron chi connectivity index (χ1n) is 9.10. The van der Waals surface area contributed by atoms with Crippen molar-refractivity contribution in [2.45, 2.75) is 13.0 Å². The maximum absolute atomic E-state index is 13.7. The molecule has 0 N–H and O–H groups in total. The van der Waals surface area contributed by atoms with Gasteiger partial charge in [-0.1, -0.05) is 11.3 Å². The first-order chi connectivity index (χ1) is 13.0. The van der Waals surface area contributed by atoms with Gasteiger partial charge in [0.05, 0.1) is 16.8 Å². The maximum Gasteiger partial charge on any atom is 0.185 e. The van der Waals surface area contributed by atoms with E-state index in [1.54, 1.807) is 23.5 Å². The second-order valence-electron chi connectivity index (χ2n) is 7.36. The summed E-state index contributed by atoms with van der Waals surface area (Å²) >= 11 is 1.72. The predicted octanol–water partition coefficient (Wildman–Crippen LogP) is 4.56. The van der Waals surface area contributed by atoms with Gasteiger partial charge in [-0.05, 0) is 48.4 Å². The number of rotatable bonds is 2. The van der Waals surface area contributed by atoms with Gasteiger partial charge >= 0.3 is 0 Å². The Bertz CT molecular complexity index is 1170. The van der Waals surface area contributed by atoms with Gasteiger partial charge in [0.15, 0.2) is 5.13 Å². The molecule has 3 heterocycles. The van der Waals surface area contributed by atoms with E-state index < -0.39 is 0 Å². The third kappa shape index (κ3) is 2.58. The summed E-state index contributed by atoms with van der Waals surface area (Å²) < 4.78 is 17.2. The topological polar surface area (TPSA) is 24.3 Å². The van der Waals surface area contributed by atoms with E-state index in [1.165, 1.54) is 21.6 Å².